The molecule has 1 aromatic carbocycles. The molecule has 2 saturated carbocycles. The van der Waals surface area contributed by atoms with Crippen molar-refractivity contribution in [1.29, 1.82) is 0 Å². The Bertz CT molecular complexity index is 1300. The van der Waals surface area contributed by atoms with Crippen molar-refractivity contribution in [2.24, 2.45) is 4.99 Å². The highest BCUT2D eigenvalue weighted by Gasteiger charge is 2.47. The number of rotatable bonds is 7. The lowest BCUT2D eigenvalue weighted by Crippen LogP contribution is -2.49. The van der Waals surface area contributed by atoms with Crippen LogP contribution in [0.1, 0.15) is 73.4 Å². The van der Waals surface area contributed by atoms with Crippen LogP contribution in [0.5, 0.6) is 0 Å². The number of halogens is 3. The van der Waals surface area contributed by atoms with Gasteiger partial charge in [-0.1, -0.05) is 18.6 Å². The number of ether oxygens (including phenoxy) is 1. The minimum Gasteiger partial charge on any atom is -0.423 e. The lowest BCUT2D eigenvalue weighted by atomic mass is 9.79. The minimum atomic E-state index is -4.54. The number of pyridine rings is 1. The van der Waals surface area contributed by atoms with Crippen molar-refractivity contribution in [2.75, 3.05) is 18.0 Å². The molecule has 8 nitrogen and oxygen atoms in total. The number of carbonyl (C=O) groups is 1. The number of anilines is 1. The number of nitrogens with zero attached hydrogens (tertiary/aromatic N) is 3. The molecule has 2 aliphatic carbocycles. The number of piperidine rings is 1. The summed E-state index contributed by atoms with van der Waals surface area (Å²) < 4.78 is 46.0. The number of aliphatic imine (C=N–C) groups is 1. The number of carbonyl (C=O) groups excluding carboxylic acids is 1. The topological polar surface area (TPSA) is 107 Å². The number of aromatic nitrogens is 1. The van der Waals surface area contributed by atoms with Gasteiger partial charge in [0.1, 0.15) is 17.1 Å². The first kappa shape index (κ1) is 26.3. The second kappa shape index (κ2) is 9.90. The normalized spacial score (nSPS) is 21.1. The smallest absolute Gasteiger partial charge is 0.423 e. The summed E-state index contributed by atoms with van der Waals surface area (Å²) in [6, 6.07) is 7.59. The summed E-state index contributed by atoms with van der Waals surface area (Å²) in [5.41, 5.74) is 1.01. The van der Waals surface area contributed by atoms with Crippen LogP contribution in [0.3, 0.4) is 0 Å². The van der Waals surface area contributed by atoms with Crippen molar-refractivity contribution in [1.82, 2.24) is 10.3 Å². The molecule has 1 aromatic heterocycles. The fraction of sp³-hybridized carbons (Fsp3) is 0.519. The van der Waals surface area contributed by atoms with Gasteiger partial charge in [0.05, 0.1) is 18.4 Å². The summed E-state index contributed by atoms with van der Waals surface area (Å²) in [7, 11) is -1.60. The zero-order valence-electron chi connectivity index (χ0n) is 21.4. The number of amidine groups is 1. The largest absolute Gasteiger partial charge is 0.488 e. The van der Waals surface area contributed by atoms with E-state index in [4.69, 9.17) is 9.73 Å². The molecular formula is C27H30BF3N4O4. The molecule has 39 heavy (non-hydrogen) atoms. The van der Waals surface area contributed by atoms with E-state index in [-0.39, 0.29) is 17.9 Å². The molecule has 0 bridgehead atoms. The summed E-state index contributed by atoms with van der Waals surface area (Å²) in [5, 5.41) is 22.3. The van der Waals surface area contributed by atoms with Crippen LogP contribution in [0.25, 0.3) is 0 Å². The van der Waals surface area contributed by atoms with Crippen LogP contribution in [-0.4, -0.2) is 58.6 Å². The average molecular weight is 542 g/mol. The van der Waals surface area contributed by atoms with Crippen LogP contribution in [0, 0.1) is 0 Å². The molecule has 2 aliphatic heterocycles. The van der Waals surface area contributed by atoms with Crippen molar-refractivity contribution in [3.63, 3.8) is 0 Å². The Hall–Kier alpha value is -2.96. The molecular weight excluding hydrogens is 512 g/mol. The van der Waals surface area contributed by atoms with Gasteiger partial charge in [-0.25, -0.2) is 4.98 Å². The Morgan fingerprint density at radius 1 is 1.10 bits per heavy atom. The summed E-state index contributed by atoms with van der Waals surface area (Å²) in [4.78, 5) is 24.1. The van der Waals surface area contributed by atoms with Crippen molar-refractivity contribution in [3.8, 4) is 0 Å². The first-order valence-corrected chi connectivity index (χ1v) is 13.5. The van der Waals surface area contributed by atoms with Crippen LogP contribution >= 0.6 is 0 Å². The number of nitrogens with one attached hydrogen (secondary N) is 1. The van der Waals surface area contributed by atoms with Crippen molar-refractivity contribution in [2.45, 2.75) is 75.3 Å². The standard InChI is InChI=1S/C27H30BF3N4O4/c29-27(30,31)22-9-8-20(23(32-22)16-2-1-3-16)24-33-25(36)26(34-24)10-12-35(13-11-26)21-14-18(28(37)38)5-4-17(21)15-39-19-6-7-19/h4-5,8-9,14,16,19,37-38H,1-3,6-7,10-13,15H2,(H,33,34,36). The van der Waals surface area contributed by atoms with Crippen LogP contribution in [0.4, 0.5) is 18.9 Å². The Labute approximate surface area is 224 Å². The molecule has 0 unspecified atom stereocenters. The highest BCUT2D eigenvalue weighted by Crippen LogP contribution is 2.40. The number of alkyl halides is 3. The van der Waals surface area contributed by atoms with E-state index in [1.165, 1.54) is 6.07 Å². The third-order valence-corrected chi connectivity index (χ3v) is 8.28. The van der Waals surface area contributed by atoms with Gasteiger partial charge in [-0.2, -0.15) is 13.2 Å². The lowest BCUT2D eigenvalue weighted by molar-refractivity contribution is -0.141. The number of benzene rings is 1. The molecule has 2 aromatic rings. The van der Waals surface area contributed by atoms with E-state index in [1.807, 2.05) is 6.07 Å². The van der Waals surface area contributed by atoms with E-state index in [0.717, 1.165) is 49.4 Å². The van der Waals surface area contributed by atoms with E-state index in [2.05, 4.69) is 15.2 Å². The second-order valence-corrected chi connectivity index (χ2v) is 11.0. The predicted octanol–water partition coefficient (Wildman–Crippen LogP) is 2.64. The summed E-state index contributed by atoms with van der Waals surface area (Å²) in [6.45, 7) is 1.40. The monoisotopic (exact) mass is 542 g/mol. The van der Waals surface area contributed by atoms with E-state index >= 15 is 0 Å². The van der Waals surface area contributed by atoms with E-state index < -0.39 is 24.5 Å². The van der Waals surface area contributed by atoms with Gasteiger partial charge in [0.2, 0.25) is 0 Å². The molecule has 3 heterocycles. The fourth-order valence-corrected chi connectivity index (χ4v) is 5.53. The predicted molar refractivity (Wildman–Crippen MR) is 139 cm³/mol. The zero-order chi connectivity index (χ0) is 27.4. The van der Waals surface area contributed by atoms with Crippen molar-refractivity contribution < 1.29 is 32.8 Å². The van der Waals surface area contributed by atoms with Gasteiger partial charge in [0.25, 0.3) is 5.91 Å². The summed E-state index contributed by atoms with van der Waals surface area (Å²) in [6.07, 6.45) is 1.08. The highest BCUT2D eigenvalue weighted by molar-refractivity contribution is 6.58. The lowest BCUT2D eigenvalue weighted by Gasteiger charge is -2.38. The van der Waals surface area contributed by atoms with Gasteiger partial charge in [0, 0.05) is 35.8 Å². The van der Waals surface area contributed by atoms with Gasteiger partial charge in [-0.15, -0.1) is 0 Å². The highest BCUT2D eigenvalue weighted by atomic mass is 19.4. The van der Waals surface area contributed by atoms with E-state index in [0.29, 0.717) is 55.1 Å². The number of hydrogen-bond acceptors (Lipinski definition) is 7. The van der Waals surface area contributed by atoms with Gasteiger partial charge >= 0.3 is 13.3 Å². The molecule has 1 spiro atoms. The maximum absolute atomic E-state index is 13.4. The number of amides is 1. The Morgan fingerprint density at radius 3 is 2.46 bits per heavy atom. The summed E-state index contributed by atoms with van der Waals surface area (Å²) >= 11 is 0. The molecule has 1 amide bonds. The summed E-state index contributed by atoms with van der Waals surface area (Å²) in [5.74, 6) is -0.0420. The van der Waals surface area contributed by atoms with E-state index in [1.54, 1.807) is 12.1 Å². The van der Waals surface area contributed by atoms with Crippen LogP contribution in [-0.2, 0) is 22.3 Å². The quantitative estimate of drug-likeness (QED) is 0.465. The molecule has 3 N–H and O–H groups in total. The van der Waals surface area contributed by atoms with Gasteiger partial charge in [-0.05, 0) is 62.2 Å². The fourth-order valence-electron chi connectivity index (χ4n) is 5.53. The molecule has 206 valence electrons. The molecule has 0 radical (unpaired) electrons. The van der Waals surface area contributed by atoms with Gasteiger partial charge in [0.15, 0.2) is 0 Å². The average Bonchev–Trinajstić information content (AvgIpc) is 3.65. The Kier molecular flexibility index (Phi) is 6.67. The third-order valence-electron chi connectivity index (χ3n) is 8.28. The first-order valence-electron chi connectivity index (χ1n) is 13.5. The van der Waals surface area contributed by atoms with Gasteiger partial charge in [-0.3, -0.25) is 9.79 Å². The Morgan fingerprint density at radius 2 is 1.85 bits per heavy atom. The van der Waals surface area contributed by atoms with Crippen LogP contribution < -0.4 is 15.7 Å². The molecule has 1 saturated heterocycles. The van der Waals surface area contributed by atoms with Gasteiger partial charge < -0.3 is 25.0 Å². The van der Waals surface area contributed by atoms with Crippen molar-refractivity contribution >= 4 is 30.0 Å². The third kappa shape index (κ3) is 5.17. The van der Waals surface area contributed by atoms with Crippen LogP contribution in [0.2, 0.25) is 0 Å². The molecule has 12 heteroatoms. The Balaban J connectivity index is 1.24. The minimum absolute atomic E-state index is 0.0780. The number of hydrogen-bond donors (Lipinski definition) is 3. The first-order chi connectivity index (χ1) is 18.6. The van der Waals surface area contributed by atoms with E-state index in [9.17, 15) is 28.0 Å². The molecule has 6 rings (SSSR count). The van der Waals surface area contributed by atoms with Crippen LogP contribution in [0.15, 0.2) is 35.3 Å². The molecule has 4 aliphatic rings. The van der Waals surface area contributed by atoms with Crippen molar-refractivity contribution in [3.05, 3.63) is 52.8 Å². The second-order valence-electron chi connectivity index (χ2n) is 11.0. The maximum atomic E-state index is 13.4. The zero-order valence-corrected chi connectivity index (χ0v) is 21.4. The molecule has 3 fully saturated rings. The SMILES string of the molecule is O=C1NC(c2ccc(C(F)(F)F)nc2C2CCC2)=NC12CCN(c1cc(B(O)O)ccc1COC1CC1)CC2. The molecule has 0 atom stereocenters. The maximum Gasteiger partial charge on any atom is 0.488 e.